The van der Waals surface area contributed by atoms with Crippen molar-refractivity contribution in [2.45, 2.75) is 26.9 Å². The van der Waals surface area contributed by atoms with Crippen LogP contribution in [0.15, 0.2) is 36.8 Å². The van der Waals surface area contributed by atoms with Gasteiger partial charge in [0.15, 0.2) is 0 Å². The van der Waals surface area contributed by atoms with Crippen molar-refractivity contribution in [2.75, 3.05) is 6.54 Å². The van der Waals surface area contributed by atoms with Crippen LogP contribution in [-0.2, 0) is 13.1 Å². The number of phenolic OH excluding ortho intramolecular Hbond substituents is 1. The second-order valence-corrected chi connectivity index (χ2v) is 5.23. The lowest BCUT2D eigenvalue weighted by molar-refractivity contribution is 0.474. The Morgan fingerprint density at radius 2 is 2.21 bits per heavy atom. The molecule has 4 nitrogen and oxygen atoms in total. The Balaban J connectivity index is 1.90. The van der Waals surface area contributed by atoms with Crippen molar-refractivity contribution in [2.24, 2.45) is 5.92 Å². The maximum Gasteiger partial charge on any atom is 0.115 e. The summed E-state index contributed by atoms with van der Waals surface area (Å²) in [4.78, 5) is 4.37. The van der Waals surface area contributed by atoms with Crippen LogP contribution in [0.3, 0.4) is 0 Å². The Morgan fingerprint density at radius 3 is 2.95 bits per heavy atom. The molecule has 0 bridgehead atoms. The van der Waals surface area contributed by atoms with Gasteiger partial charge in [-0.2, -0.15) is 0 Å². The number of nitrogens with zero attached hydrogens (tertiary/aromatic N) is 2. The molecule has 4 heteroatoms. The van der Waals surface area contributed by atoms with Gasteiger partial charge in [-0.15, -0.1) is 0 Å². The minimum atomic E-state index is 0.302. The molecular weight excluding hydrogens is 238 g/mol. The van der Waals surface area contributed by atoms with Crippen LogP contribution in [-0.4, -0.2) is 21.2 Å². The largest absolute Gasteiger partial charge is 0.508 e. The van der Waals surface area contributed by atoms with Gasteiger partial charge >= 0.3 is 0 Å². The van der Waals surface area contributed by atoms with Crippen molar-refractivity contribution in [1.82, 2.24) is 14.9 Å². The zero-order chi connectivity index (χ0) is 13.7. The molecule has 1 aromatic carbocycles. The molecule has 0 saturated heterocycles. The summed E-state index contributed by atoms with van der Waals surface area (Å²) in [6.45, 7) is 6.90. The Labute approximate surface area is 114 Å². The molecule has 2 aromatic rings. The molecule has 0 saturated carbocycles. The number of phenols is 1. The molecule has 1 aromatic heterocycles. The lowest BCUT2D eigenvalue weighted by Gasteiger charge is -2.05. The molecule has 0 atom stereocenters. The monoisotopic (exact) mass is 259 g/mol. The van der Waals surface area contributed by atoms with Crippen molar-refractivity contribution in [3.8, 4) is 5.75 Å². The van der Waals surface area contributed by atoms with Crippen LogP contribution in [0.4, 0.5) is 0 Å². The van der Waals surface area contributed by atoms with Crippen molar-refractivity contribution in [1.29, 1.82) is 0 Å². The average molecular weight is 259 g/mol. The average Bonchev–Trinajstić information content (AvgIpc) is 2.76. The van der Waals surface area contributed by atoms with Gasteiger partial charge in [-0.05, 0) is 30.2 Å². The van der Waals surface area contributed by atoms with Gasteiger partial charge in [-0.1, -0.05) is 26.0 Å². The molecule has 1 heterocycles. The summed E-state index contributed by atoms with van der Waals surface area (Å²) in [6, 6.07) is 7.30. The standard InChI is InChI=1S/C15H21N3O/c1-12(2)7-16-8-14-10-18(11-17-14)9-13-4-3-5-15(19)6-13/h3-6,10-12,16,19H,7-9H2,1-2H3. The van der Waals surface area contributed by atoms with Crippen LogP contribution in [0.5, 0.6) is 5.75 Å². The fourth-order valence-corrected chi connectivity index (χ4v) is 1.94. The first-order valence-electron chi connectivity index (χ1n) is 6.63. The highest BCUT2D eigenvalue weighted by molar-refractivity contribution is 5.27. The molecule has 102 valence electrons. The summed E-state index contributed by atoms with van der Waals surface area (Å²) >= 11 is 0. The molecule has 0 radical (unpaired) electrons. The van der Waals surface area contributed by atoms with Gasteiger partial charge in [0.05, 0.1) is 12.0 Å². The first-order chi connectivity index (χ1) is 9.13. The fraction of sp³-hybridized carbons (Fsp3) is 0.400. The quantitative estimate of drug-likeness (QED) is 0.837. The van der Waals surface area contributed by atoms with E-state index in [0.717, 1.165) is 30.9 Å². The van der Waals surface area contributed by atoms with Gasteiger partial charge in [-0.25, -0.2) is 4.98 Å². The number of nitrogens with one attached hydrogen (secondary N) is 1. The van der Waals surface area contributed by atoms with E-state index < -0.39 is 0 Å². The van der Waals surface area contributed by atoms with Crippen molar-refractivity contribution >= 4 is 0 Å². The number of aromatic nitrogens is 2. The predicted octanol–water partition coefficient (Wildman–Crippen LogP) is 2.38. The summed E-state index contributed by atoms with van der Waals surface area (Å²) in [5, 5.41) is 12.8. The fourth-order valence-electron chi connectivity index (χ4n) is 1.94. The minimum absolute atomic E-state index is 0.302. The first kappa shape index (κ1) is 13.6. The molecular formula is C15H21N3O. The third-order valence-electron chi connectivity index (χ3n) is 2.82. The molecule has 0 spiro atoms. The van der Waals surface area contributed by atoms with Crippen molar-refractivity contribution in [3.63, 3.8) is 0 Å². The second kappa shape index (κ2) is 6.38. The maximum atomic E-state index is 9.43. The number of hydrogen-bond donors (Lipinski definition) is 2. The number of aromatic hydroxyl groups is 1. The predicted molar refractivity (Wildman–Crippen MR) is 76.0 cm³/mol. The number of hydrogen-bond acceptors (Lipinski definition) is 3. The highest BCUT2D eigenvalue weighted by Crippen LogP contribution is 2.12. The van der Waals surface area contributed by atoms with E-state index in [4.69, 9.17) is 0 Å². The Morgan fingerprint density at radius 1 is 1.37 bits per heavy atom. The van der Waals surface area contributed by atoms with E-state index in [1.54, 1.807) is 12.1 Å². The Kier molecular flexibility index (Phi) is 4.58. The van der Waals surface area contributed by atoms with Crippen LogP contribution < -0.4 is 5.32 Å². The number of imidazole rings is 1. The highest BCUT2D eigenvalue weighted by Gasteiger charge is 2.01. The highest BCUT2D eigenvalue weighted by atomic mass is 16.3. The lowest BCUT2D eigenvalue weighted by Crippen LogP contribution is -2.19. The molecule has 0 fully saturated rings. The van der Waals surface area contributed by atoms with Crippen LogP contribution >= 0.6 is 0 Å². The molecule has 0 aliphatic carbocycles. The van der Waals surface area contributed by atoms with E-state index in [1.165, 1.54) is 0 Å². The van der Waals surface area contributed by atoms with Gasteiger partial charge in [0, 0.05) is 19.3 Å². The SMILES string of the molecule is CC(C)CNCc1cn(Cc2cccc(O)c2)cn1. The third-order valence-corrected chi connectivity index (χ3v) is 2.82. The molecule has 0 amide bonds. The van der Waals surface area contributed by atoms with E-state index in [0.29, 0.717) is 11.7 Å². The first-order valence-corrected chi connectivity index (χ1v) is 6.63. The zero-order valence-electron chi connectivity index (χ0n) is 11.5. The van der Waals surface area contributed by atoms with E-state index in [-0.39, 0.29) is 0 Å². The minimum Gasteiger partial charge on any atom is -0.508 e. The molecule has 0 aliphatic heterocycles. The molecule has 0 unspecified atom stereocenters. The second-order valence-electron chi connectivity index (χ2n) is 5.23. The Bertz CT molecular complexity index is 520. The number of benzene rings is 1. The molecule has 0 aliphatic rings. The van der Waals surface area contributed by atoms with Crippen LogP contribution in [0, 0.1) is 5.92 Å². The summed E-state index contributed by atoms with van der Waals surface area (Å²) in [5.74, 6) is 0.950. The van der Waals surface area contributed by atoms with Crippen LogP contribution in [0.1, 0.15) is 25.1 Å². The van der Waals surface area contributed by atoms with Crippen LogP contribution in [0.2, 0.25) is 0 Å². The van der Waals surface area contributed by atoms with Gasteiger partial charge < -0.3 is 15.0 Å². The third kappa shape index (κ3) is 4.41. The summed E-state index contributed by atoms with van der Waals surface area (Å²) in [6.07, 6.45) is 3.87. The van der Waals surface area contributed by atoms with Crippen LogP contribution in [0.25, 0.3) is 0 Å². The van der Waals surface area contributed by atoms with Crippen molar-refractivity contribution in [3.05, 3.63) is 48.0 Å². The molecule has 2 N–H and O–H groups in total. The van der Waals surface area contributed by atoms with E-state index in [9.17, 15) is 5.11 Å². The van der Waals surface area contributed by atoms with Gasteiger partial charge in [0.25, 0.3) is 0 Å². The lowest BCUT2D eigenvalue weighted by atomic mass is 10.2. The van der Waals surface area contributed by atoms with E-state index in [1.807, 2.05) is 29.2 Å². The van der Waals surface area contributed by atoms with Gasteiger partial charge in [0.1, 0.15) is 5.75 Å². The summed E-state index contributed by atoms with van der Waals surface area (Å²) < 4.78 is 2.03. The smallest absolute Gasteiger partial charge is 0.115 e. The normalized spacial score (nSPS) is 11.1. The molecule has 19 heavy (non-hydrogen) atoms. The Hall–Kier alpha value is -1.81. The van der Waals surface area contributed by atoms with E-state index >= 15 is 0 Å². The maximum absolute atomic E-state index is 9.43. The molecule has 2 rings (SSSR count). The van der Waals surface area contributed by atoms with E-state index in [2.05, 4.69) is 24.1 Å². The summed E-state index contributed by atoms with van der Waals surface area (Å²) in [5.41, 5.74) is 2.11. The topological polar surface area (TPSA) is 50.1 Å². The zero-order valence-corrected chi connectivity index (χ0v) is 11.5. The van der Waals surface area contributed by atoms with Gasteiger partial charge in [0.2, 0.25) is 0 Å². The van der Waals surface area contributed by atoms with Crippen molar-refractivity contribution < 1.29 is 5.11 Å². The summed E-state index contributed by atoms with van der Waals surface area (Å²) in [7, 11) is 0. The number of rotatable bonds is 6. The van der Waals surface area contributed by atoms with Gasteiger partial charge in [-0.3, -0.25) is 0 Å².